The summed E-state index contributed by atoms with van der Waals surface area (Å²) in [5.74, 6) is 2.37. The number of amides is 1. The number of hydrogen-bond donors (Lipinski definition) is 2. The highest BCUT2D eigenvalue weighted by molar-refractivity contribution is 9.10. The number of carbonyl (C=O) groups is 1. The van der Waals surface area contributed by atoms with E-state index in [0.717, 1.165) is 35.4 Å². The molecule has 0 bridgehead atoms. The van der Waals surface area contributed by atoms with Gasteiger partial charge in [-0.2, -0.15) is 11.8 Å². The van der Waals surface area contributed by atoms with Gasteiger partial charge in [0.25, 0.3) is 0 Å². The maximum atomic E-state index is 12.4. The van der Waals surface area contributed by atoms with Crippen LogP contribution in [0.1, 0.15) is 31.2 Å². The van der Waals surface area contributed by atoms with E-state index in [1.54, 1.807) is 0 Å². The molecule has 6 heteroatoms. The minimum absolute atomic E-state index is 0. The van der Waals surface area contributed by atoms with E-state index in [2.05, 4.69) is 50.8 Å². The molecule has 1 saturated carbocycles. The molecule has 1 aromatic rings. The number of nitrogens with one attached hydrogen (secondary N) is 2. The molecule has 1 aliphatic carbocycles. The number of carbonyl (C=O) groups excluding carboxylic acids is 1. The minimum Gasteiger partial charge on any atom is -0.347 e. The Hall–Kier alpha value is -0.230. The third kappa shape index (κ3) is 4.19. The van der Waals surface area contributed by atoms with E-state index in [9.17, 15) is 4.79 Å². The van der Waals surface area contributed by atoms with Crippen molar-refractivity contribution in [3.8, 4) is 0 Å². The van der Waals surface area contributed by atoms with Gasteiger partial charge in [-0.25, -0.2) is 0 Å². The second-order valence-corrected chi connectivity index (χ2v) is 7.99. The molecule has 3 rings (SSSR count). The summed E-state index contributed by atoms with van der Waals surface area (Å²) in [6.45, 7) is 1.01. The number of benzene rings is 1. The summed E-state index contributed by atoms with van der Waals surface area (Å²) in [5.41, 5.74) is 1.11. The van der Waals surface area contributed by atoms with Crippen molar-refractivity contribution in [3.05, 3.63) is 34.3 Å². The summed E-state index contributed by atoms with van der Waals surface area (Å²) in [5, 5.41) is 6.74. The molecule has 2 aliphatic rings. The van der Waals surface area contributed by atoms with Crippen LogP contribution in [-0.2, 0) is 10.3 Å². The van der Waals surface area contributed by atoms with Crippen molar-refractivity contribution in [3.63, 3.8) is 0 Å². The molecule has 1 heterocycles. The van der Waals surface area contributed by atoms with Crippen LogP contribution in [0.15, 0.2) is 28.7 Å². The van der Waals surface area contributed by atoms with Crippen LogP contribution >= 0.6 is 40.1 Å². The summed E-state index contributed by atoms with van der Waals surface area (Å²) >= 11 is 5.40. The first-order valence-corrected chi connectivity index (χ1v) is 9.51. The van der Waals surface area contributed by atoms with Crippen molar-refractivity contribution < 1.29 is 4.79 Å². The first-order valence-electron chi connectivity index (χ1n) is 7.56. The number of thioether (sulfide) groups is 1. The predicted molar refractivity (Wildman–Crippen MR) is 98.8 cm³/mol. The standard InChI is InChI=1S/C16H21BrN2OS.ClH/c17-13-4-2-12(3-5-13)16(6-1-7-16)19-15(20)10-14-11-21-9-8-18-14;/h2-5,14,18H,1,6-11H2,(H,19,20);1H. The fourth-order valence-corrected chi connectivity index (χ4v) is 4.29. The smallest absolute Gasteiger partial charge is 0.222 e. The third-order valence-corrected chi connectivity index (χ3v) is 6.07. The van der Waals surface area contributed by atoms with Gasteiger partial charge in [-0.3, -0.25) is 4.79 Å². The molecule has 1 saturated heterocycles. The van der Waals surface area contributed by atoms with E-state index in [1.807, 2.05) is 11.8 Å². The molecule has 22 heavy (non-hydrogen) atoms. The van der Waals surface area contributed by atoms with Crippen LogP contribution < -0.4 is 10.6 Å². The van der Waals surface area contributed by atoms with Gasteiger partial charge in [-0.05, 0) is 37.0 Å². The number of hydrogen-bond acceptors (Lipinski definition) is 3. The highest BCUT2D eigenvalue weighted by Crippen LogP contribution is 2.41. The molecule has 0 aromatic heterocycles. The van der Waals surface area contributed by atoms with Gasteiger partial charge < -0.3 is 10.6 Å². The third-order valence-electron chi connectivity index (χ3n) is 4.41. The lowest BCUT2D eigenvalue weighted by Crippen LogP contribution is -2.52. The van der Waals surface area contributed by atoms with Gasteiger partial charge in [0.05, 0.1) is 5.54 Å². The maximum absolute atomic E-state index is 12.4. The van der Waals surface area contributed by atoms with Crippen LogP contribution in [0.25, 0.3) is 0 Å². The average molecular weight is 406 g/mol. The zero-order chi connectivity index (χ0) is 14.7. The summed E-state index contributed by atoms with van der Waals surface area (Å²) in [6.07, 6.45) is 3.87. The molecule has 1 amide bonds. The second kappa shape index (κ2) is 8.04. The van der Waals surface area contributed by atoms with Crippen LogP contribution in [0.3, 0.4) is 0 Å². The van der Waals surface area contributed by atoms with E-state index < -0.39 is 0 Å². The first-order chi connectivity index (χ1) is 10.2. The van der Waals surface area contributed by atoms with E-state index in [4.69, 9.17) is 0 Å². The SMILES string of the molecule is Cl.O=C(CC1CSCCN1)NC1(c2ccc(Br)cc2)CCC1. The fourth-order valence-electron chi connectivity index (χ4n) is 3.08. The molecule has 1 aliphatic heterocycles. The molecule has 122 valence electrons. The molecule has 1 atom stereocenters. The minimum atomic E-state index is -0.125. The van der Waals surface area contributed by atoms with E-state index in [0.29, 0.717) is 12.5 Å². The number of rotatable bonds is 4. The fraction of sp³-hybridized carbons (Fsp3) is 0.562. The molecule has 1 aromatic carbocycles. The molecule has 0 spiro atoms. The normalized spacial score (nSPS) is 23.0. The Morgan fingerprint density at radius 2 is 2.09 bits per heavy atom. The van der Waals surface area contributed by atoms with Gasteiger partial charge in [0.15, 0.2) is 0 Å². The first kappa shape index (κ1) is 18.1. The Morgan fingerprint density at radius 1 is 1.36 bits per heavy atom. The molecule has 2 N–H and O–H groups in total. The lowest BCUT2D eigenvalue weighted by molar-refractivity contribution is -0.124. The highest BCUT2D eigenvalue weighted by atomic mass is 79.9. The Labute approximate surface area is 150 Å². The predicted octanol–water partition coefficient (Wildman–Crippen LogP) is 3.46. The van der Waals surface area contributed by atoms with Gasteiger partial charge in [0.1, 0.15) is 0 Å². The quantitative estimate of drug-likeness (QED) is 0.806. The van der Waals surface area contributed by atoms with Crippen molar-refractivity contribution in [1.29, 1.82) is 0 Å². The van der Waals surface area contributed by atoms with Gasteiger partial charge >= 0.3 is 0 Å². The summed E-state index contributed by atoms with van der Waals surface area (Å²) in [6, 6.07) is 8.68. The van der Waals surface area contributed by atoms with Crippen LogP contribution in [0.5, 0.6) is 0 Å². The Morgan fingerprint density at radius 3 is 2.64 bits per heavy atom. The van der Waals surface area contributed by atoms with E-state index in [1.165, 1.54) is 12.0 Å². The Kier molecular flexibility index (Phi) is 6.62. The van der Waals surface area contributed by atoms with Gasteiger partial charge in [0.2, 0.25) is 5.91 Å². The van der Waals surface area contributed by atoms with Crippen molar-refractivity contribution in [2.75, 3.05) is 18.1 Å². The lowest BCUT2D eigenvalue weighted by atomic mass is 9.71. The topological polar surface area (TPSA) is 41.1 Å². The molecular formula is C16H22BrClN2OS. The van der Waals surface area contributed by atoms with Crippen molar-refractivity contribution >= 4 is 46.0 Å². The zero-order valence-electron chi connectivity index (χ0n) is 12.4. The van der Waals surface area contributed by atoms with E-state index in [-0.39, 0.29) is 23.9 Å². The van der Waals surface area contributed by atoms with Crippen molar-refractivity contribution in [1.82, 2.24) is 10.6 Å². The van der Waals surface area contributed by atoms with Gasteiger partial charge in [0, 0.05) is 35.0 Å². The monoisotopic (exact) mass is 404 g/mol. The summed E-state index contributed by atoms with van der Waals surface area (Å²) in [4.78, 5) is 12.4. The molecule has 1 unspecified atom stereocenters. The van der Waals surface area contributed by atoms with Gasteiger partial charge in [-0.1, -0.05) is 28.1 Å². The second-order valence-electron chi connectivity index (χ2n) is 5.92. The van der Waals surface area contributed by atoms with Crippen LogP contribution in [0, 0.1) is 0 Å². The number of halogens is 2. The maximum Gasteiger partial charge on any atom is 0.222 e. The van der Waals surface area contributed by atoms with Crippen molar-refractivity contribution in [2.45, 2.75) is 37.3 Å². The Balaban J connectivity index is 0.00000176. The van der Waals surface area contributed by atoms with Crippen molar-refractivity contribution in [2.24, 2.45) is 0 Å². The Bertz CT molecular complexity index is 501. The summed E-state index contributed by atoms with van der Waals surface area (Å²) < 4.78 is 1.08. The summed E-state index contributed by atoms with van der Waals surface area (Å²) in [7, 11) is 0. The van der Waals surface area contributed by atoms with Gasteiger partial charge in [-0.15, -0.1) is 12.4 Å². The molecule has 0 radical (unpaired) electrons. The van der Waals surface area contributed by atoms with Crippen LogP contribution in [0.4, 0.5) is 0 Å². The molecule has 3 nitrogen and oxygen atoms in total. The zero-order valence-corrected chi connectivity index (χ0v) is 15.7. The highest BCUT2D eigenvalue weighted by Gasteiger charge is 2.40. The molecular weight excluding hydrogens is 384 g/mol. The molecule has 2 fully saturated rings. The van der Waals surface area contributed by atoms with Crippen LogP contribution in [-0.4, -0.2) is 30.0 Å². The lowest BCUT2D eigenvalue weighted by Gasteiger charge is -2.43. The van der Waals surface area contributed by atoms with Crippen LogP contribution in [0.2, 0.25) is 0 Å². The van der Waals surface area contributed by atoms with E-state index >= 15 is 0 Å². The largest absolute Gasteiger partial charge is 0.347 e. The average Bonchev–Trinajstić information content (AvgIpc) is 2.45.